The zero-order valence-corrected chi connectivity index (χ0v) is 9.42. The summed E-state index contributed by atoms with van der Waals surface area (Å²) in [6, 6.07) is 11.4. The Labute approximate surface area is 104 Å². The second kappa shape index (κ2) is 6.96. The third kappa shape index (κ3) is 4.57. The summed E-state index contributed by atoms with van der Waals surface area (Å²) in [7, 11) is 0. The molecular weight excluding hydrogens is 235 g/mol. The van der Waals surface area contributed by atoms with Crippen molar-refractivity contribution in [2.45, 2.75) is 0 Å². The van der Waals surface area contributed by atoms with Crippen LogP contribution in [0.5, 0.6) is 5.75 Å². The van der Waals surface area contributed by atoms with Gasteiger partial charge in [0.15, 0.2) is 0 Å². The average molecular weight is 246 g/mol. The topological polar surface area (TPSA) is 54.4 Å². The van der Waals surface area contributed by atoms with E-state index in [0.717, 1.165) is 6.29 Å². The van der Waals surface area contributed by atoms with Crippen molar-refractivity contribution in [1.82, 2.24) is 0 Å². The molecule has 0 saturated carbocycles. The molecule has 0 fully saturated rings. The van der Waals surface area contributed by atoms with Crippen LogP contribution in [0.3, 0.4) is 0 Å². The van der Waals surface area contributed by atoms with E-state index in [9.17, 15) is 14.0 Å². The van der Waals surface area contributed by atoms with E-state index in [2.05, 4.69) is 0 Å². The lowest BCUT2D eigenvalue weighted by Gasteiger charge is -1.88. The molecule has 2 aromatic rings. The Morgan fingerprint density at radius 1 is 0.778 bits per heavy atom. The predicted octanol–water partition coefficient (Wildman–Crippen LogP) is 2.84. The largest absolute Gasteiger partial charge is 0.508 e. The van der Waals surface area contributed by atoms with E-state index in [1.807, 2.05) is 0 Å². The van der Waals surface area contributed by atoms with Gasteiger partial charge in [-0.2, -0.15) is 0 Å². The minimum atomic E-state index is -0.319. The molecule has 0 saturated heterocycles. The van der Waals surface area contributed by atoms with Gasteiger partial charge in [-0.3, -0.25) is 9.59 Å². The van der Waals surface area contributed by atoms with Gasteiger partial charge >= 0.3 is 0 Å². The first-order chi connectivity index (χ1) is 8.65. The third-order valence-electron chi connectivity index (χ3n) is 2.04. The summed E-state index contributed by atoms with van der Waals surface area (Å²) in [5.41, 5.74) is 1.07. The van der Waals surface area contributed by atoms with Gasteiger partial charge in [-0.05, 0) is 48.5 Å². The van der Waals surface area contributed by atoms with Gasteiger partial charge in [0.2, 0.25) is 0 Å². The Morgan fingerprint density at radius 2 is 1.17 bits per heavy atom. The molecular formula is C14H11FO3. The zero-order chi connectivity index (χ0) is 13.4. The van der Waals surface area contributed by atoms with Crippen LogP contribution in [0.2, 0.25) is 0 Å². The number of carbonyl (C=O) groups excluding carboxylic acids is 2. The third-order valence-corrected chi connectivity index (χ3v) is 2.04. The van der Waals surface area contributed by atoms with Crippen molar-refractivity contribution in [2.75, 3.05) is 0 Å². The minimum Gasteiger partial charge on any atom is -0.508 e. The number of hydrogen-bond acceptors (Lipinski definition) is 3. The lowest BCUT2D eigenvalue weighted by molar-refractivity contribution is 0.111. The van der Waals surface area contributed by atoms with Crippen molar-refractivity contribution in [3.8, 4) is 5.75 Å². The molecule has 4 heteroatoms. The summed E-state index contributed by atoms with van der Waals surface area (Å²) in [5, 5.41) is 8.74. The standard InChI is InChI=1S/C7H5FO.C7H6O2/c8-7-3-1-6(5-9)2-4-7;8-5-6-1-3-7(9)4-2-6/h1-5H;1-5,9H. The summed E-state index contributed by atoms with van der Waals surface area (Å²) in [4.78, 5) is 20.0. The Bertz CT molecular complexity index is 454. The van der Waals surface area contributed by atoms with Gasteiger partial charge in [-0.1, -0.05) is 0 Å². The molecule has 0 atom stereocenters. The maximum absolute atomic E-state index is 12.1. The molecule has 2 rings (SSSR count). The van der Waals surface area contributed by atoms with Crippen LogP contribution in [0.25, 0.3) is 0 Å². The normalized spacial score (nSPS) is 8.94. The Kier molecular flexibility index (Phi) is 5.25. The van der Waals surface area contributed by atoms with Crippen molar-refractivity contribution >= 4 is 12.6 Å². The second-order valence-corrected chi connectivity index (χ2v) is 3.38. The quantitative estimate of drug-likeness (QED) is 0.829. The van der Waals surface area contributed by atoms with Crippen LogP contribution in [-0.2, 0) is 0 Å². The van der Waals surface area contributed by atoms with Gasteiger partial charge in [0.1, 0.15) is 24.1 Å². The minimum absolute atomic E-state index is 0.181. The molecule has 0 amide bonds. The first-order valence-electron chi connectivity index (χ1n) is 5.10. The molecule has 1 N–H and O–H groups in total. The molecule has 0 aliphatic heterocycles. The first-order valence-corrected chi connectivity index (χ1v) is 5.10. The number of hydrogen-bond donors (Lipinski definition) is 1. The molecule has 0 aliphatic rings. The molecule has 0 aliphatic carbocycles. The SMILES string of the molecule is O=Cc1ccc(F)cc1.O=Cc1ccc(O)cc1. The maximum Gasteiger partial charge on any atom is 0.150 e. The van der Waals surface area contributed by atoms with Gasteiger partial charge in [-0.15, -0.1) is 0 Å². The van der Waals surface area contributed by atoms with E-state index in [4.69, 9.17) is 5.11 Å². The van der Waals surface area contributed by atoms with Gasteiger partial charge in [0, 0.05) is 11.1 Å². The molecule has 18 heavy (non-hydrogen) atoms. The molecule has 0 unspecified atom stereocenters. The van der Waals surface area contributed by atoms with Crippen molar-refractivity contribution in [2.24, 2.45) is 0 Å². The van der Waals surface area contributed by atoms with Gasteiger partial charge in [0.05, 0.1) is 0 Å². The number of benzene rings is 2. The summed E-state index contributed by atoms with van der Waals surface area (Å²) < 4.78 is 12.1. The van der Waals surface area contributed by atoms with E-state index in [-0.39, 0.29) is 11.6 Å². The fourth-order valence-corrected chi connectivity index (χ4v) is 1.09. The Balaban J connectivity index is 0.000000180. The highest BCUT2D eigenvalue weighted by Crippen LogP contribution is 2.07. The van der Waals surface area contributed by atoms with E-state index < -0.39 is 0 Å². The lowest BCUT2D eigenvalue weighted by atomic mass is 10.2. The number of halogens is 1. The van der Waals surface area contributed by atoms with Crippen LogP contribution < -0.4 is 0 Å². The van der Waals surface area contributed by atoms with Crippen LogP contribution in [0.15, 0.2) is 48.5 Å². The molecule has 0 heterocycles. The first kappa shape index (κ1) is 13.6. The van der Waals surface area contributed by atoms with Crippen LogP contribution in [0.1, 0.15) is 20.7 Å². The highest BCUT2D eigenvalue weighted by atomic mass is 19.1. The smallest absolute Gasteiger partial charge is 0.150 e. The lowest BCUT2D eigenvalue weighted by Crippen LogP contribution is -1.77. The summed E-state index contributed by atoms with van der Waals surface area (Å²) >= 11 is 0. The fourth-order valence-electron chi connectivity index (χ4n) is 1.09. The predicted molar refractivity (Wildman–Crippen MR) is 65.3 cm³/mol. The number of aromatic hydroxyl groups is 1. The summed E-state index contributed by atoms with van der Waals surface area (Å²) in [6.45, 7) is 0. The van der Waals surface area contributed by atoms with E-state index in [0.29, 0.717) is 17.4 Å². The summed E-state index contributed by atoms with van der Waals surface area (Å²) in [5.74, 6) is -0.138. The van der Waals surface area contributed by atoms with Crippen molar-refractivity contribution in [3.05, 3.63) is 65.5 Å². The molecule has 92 valence electrons. The van der Waals surface area contributed by atoms with E-state index in [1.165, 1.54) is 36.4 Å². The number of carbonyl (C=O) groups is 2. The molecule has 0 aromatic heterocycles. The monoisotopic (exact) mass is 246 g/mol. The van der Waals surface area contributed by atoms with E-state index >= 15 is 0 Å². The average Bonchev–Trinajstić information content (AvgIpc) is 2.41. The molecule has 0 radical (unpaired) electrons. The number of aldehydes is 2. The van der Waals surface area contributed by atoms with E-state index in [1.54, 1.807) is 12.1 Å². The van der Waals surface area contributed by atoms with Crippen molar-refractivity contribution < 1.29 is 19.1 Å². The Hall–Kier alpha value is -2.49. The zero-order valence-electron chi connectivity index (χ0n) is 9.42. The fraction of sp³-hybridized carbons (Fsp3) is 0. The molecule has 0 spiro atoms. The molecule has 3 nitrogen and oxygen atoms in total. The molecule has 0 bridgehead atoms. The van der Waals surface area contributed by atoms with Gasteiger partial charge in [-0.25, -0.2) is 4.39 Å². The van der Waals surface area contributed by atoms with Crippen LogP contribution >= 0.6 is 0 Å². The van der Waals surface area contributed by atoms with Gasteiger partial charge in [0.25, 0.3) is 0 Å². The highest BCUT2D eigenvalue weighted by Gasteiger charge is 1.88. The summed E-state index contributed by atoms with van der Waals surface area (Å²) in [6.07, 6.45) is 1.42. The second-order valence-electron chi connectivity index (χ2n) is 3.38. The maximum atomic E-state index is 12.1. The highest BCUT2D eigenvalue weighted by molar-refractivity contribution is 5.75. The molecule has 2 aromatic carbocycles. The Morgan fingerprint density at radius 3 is 1.56 bits per heavy atom. The van der Waals surface area contributed by atoms with Crippen LogP contribution in [-0.4, -0.2) is 17.7 Å². The van der Waals surface area contributed by atoms with Crippen LogP contribution in [0, 0.1) is 5.82 Å². The number of phenols is 1. The number of rotatable bonds is 2. The van der Waals surface area contributed by atoms with Gasteiger partial charge < -0.3 is 5.11 Å². The van der Waals surface area contributed by atoms with Crippen molar-refractivity contribution in [3.63, 3.8) is 0 Å². The van der Waals surface area contributed by atoms with Crippen LogP contribution in [0.4, 0.5) is 4.39 Å². The number of phenolic OH excluding ortho intramolecular Hbond substituents is 1. The van der Waals surface area contributed by atoms with Crippen molar-refractivity contribution in [1.29, 1.82) is 0 Å².